The third-order valence-corrected chi connectivity index (χ3v) is 8.48. The van der Waals surface area contributed by atoms with Crippen molar-refractivity contribution in [2.24, 2.45) is 40.2 Å². The van der Waals surface area contributed by atoms with Gasteiger partial charge < -0.3 is 15.9 Å². The van der Waals surface area contributed by atoms with Crippen molar-refractivity contribution >= 4 is 0 Å². The van der Waals surface area contributed by atoms with Crippen molar-refractivity contribution in [3.05, 3.63) is 0 Å². The fraction of sp³-hybridized carbons (Fsp3) is 1.00. The van der Waals surface area contributed by atoms with Crippen LogP contribution >= 0.6 is 0 Å². The van der Waals surface area contributed by atoms with E-state index in [4.69, 9.17) is 0 Å². The van der Waals surface area contributed by atoms with Crippen molar-refractivity contribution in [1.29, 1.82) is 0 Å². The van der Waals surface area contributed by atoms with E-state index < -0.39 is 0 Å². The number of hydrogen-bond acceptors (Lipinski definition) is 3. The smallest absolute Gasteiger partial charge is 0.0544 e. The number of rotatable bonds is 3. The number of fused-ring (bicyclic) bond motifs is 1. The van der Waals surface area contributed by atoms with Crippen LogP contribution in [0, 0.1) is 34.5 Å². The van der Waals surface area contributed by atoms with Gasteiger partial charge in [0.2, 0.25) is 0 Å². The van der Waals surface area contributed by atoms with Crippen LogP contribution in [-0.4, -0.2) is 30.0 Å². The Bertz CT molecular complexity index is 401. The van der Waals surface area contributed by atoms with Gasteiger partial charge in [0.25, 0.3) is 0 Å². The lowest BCUT2D eigenvalue weighted by molar-refractivity contribution is -0.0737. The minimum atomic E-state index is -0.185. The molecule has 24 heavy (non-hydrogen) atoms. The van der Waals surface area contributed by atoms with Crippen LogP contribution in [0.3, 0.4) is 0 Å². The lowest BCUT2D eigenvalue weighted by Gasteiger charge is -2.53. The highest BCUT2D eigenvalue weighted by molar-refractivity contribution is 5.03. The van der Waals surface area contributed by atoms with E-state index in [-0.39, 0.29) is 18.1 Å². The van der Waals surface area contributed by atoms with Gasteiger partial charge in [0.05, 0.1) is 6.10 Å². The number of hydrogen-bond donors (Lipinski definition) is 3. The van der Waals surface area contributed by atoms with Crippen molar-refractivity contribution in [1.82, 2.24) is 0 Å². The molecule has 0 aromatic carbocycles. The minimum Gasteiger partial charge on any atom is -0.396 e. The molecular formula is C21H41NO2. The van der Waals surface area contributed by atoms with Crippen molar-refractivity contribution in [3.63, 3.8) is 0 Å². The van der Waals surface area contributed by atoms with E-state index in [1.54, 1.807) is 0 Å². The van der Waals surface area contributed by atoms with Gasteiger partial charge in [-0.15, -0.1) is 0 Å². The van der Waals surface area contributed by atoms with Crippen LogP contribution in [0.15, 0.2) is 0 Å². The molecule has 0 bridgehead atoms. The summed E-state index contributed by atoms with van der Waals surface area (Å²) in [6, 6.07) is 0. The van der Waals surface area contributed by atoms with Crippen LogP contribution in [-0.2, 0) is 0 Å². The summed E-state index contributed by atoms with van der Waals surface area (Å²) < 4.78 is 0. The molecule has 3 rings (SSSR count). The zero-order valence-electron chi connectivity index (χ0n) is 16.4. The second-order valence-electron chi connectivity index (χ2n) is 9.17. The van der Waals surface area contributed by atoms with Gasteiger partial charge in [-0.05, 0) is 92.9 Å². The number of nitrogens with two attached hydrogens (primary N) is 1. The first-order chi connectivity index (χ1) is 11.4. The summed E-state index contributed by atoms with van der Waals surface area (Å²) in [5, 5.41) is 19.9. The molecule has 0 aliphatic heterocycles. The van der Waals surface area contributed by atoms with Crippen LogP contribution in [0.4, 0.5) is 0 Å². The van der Waals surface area contributed by atoms with E-state index >= 15 is 0 Å². The van der Waals surface area contributed by atoms with E-state index in [9.17, 15) is 10.2 Å². The van der Waals surface area contributed by atoms with Gasteiger partial charge in [0.1, 0.15) is 0 Å². The molecule has 142 valence electrons. The molecule has 7 atom stereocenters. The van der Waals surface area contributed by atoms with E-state index in [1.165, 1.54) is 45.6 Å². The zero-order valence-corrected chi connectivity index (χ0v) is 16.4. The Morgan fingerprint density at radius 1 is 0.875 bits per heavy atom. The third kappa shape index (κ3) is 3.41. The topological polar surface area (TPSA) is 66.5 Å². The lowest BCUT2D eigenvalue weighted by Crippen LogP contribution is -2.47. The molecule has 4 N–H and O–H groups in total. The van der Waals surface area contributed by atoms with Gasteiger partial charge in [-0.2, -0.15) is 0 Å². The average molecular weight is 340 g/mol. The molecule has 0 aromatic rings. The summed E-state index contributed by atoms with van der Waals surface area (Å²) in [6.07, 6.45) is 11.0. The SMILES string of the molecule is CCC1CCC2CC(C3(C)CCC(O)CC3CO)CCC12C.CN. The Hall–Kier alpha value is -0.120. The summed E-state index contributed by atoms with van der Waals surface area (Å²) in [6.45, 7) is 7.60. The highest BCUT2D eigenvalue weighted by Gasteiger charge is 2.53. The maximum atomic E-state index is 9.99. The van der Waals surface area contributed by atoms with E-state index in [0.29, 0.717) is 11.3 Å². The first-order valence-electron chi connectivity index (χ1n) is 10.3. The first kappa shape index (κ1) is 20.2. The predicted octanol–water partition coefficient (Wildman–Crippen LogP) is 3.96. The predicted molar refractivity (Wildman–Crippen MR) is 101 cm³/mol. The highest BCUT2D eigenvalue weighted by Crippen LogP contribution is 2.62. The second-order valence-corrected chi connectivity index (χ2v) is 9.17. The fourth-order valence-electron chi connectivity index (χ4n) is 6.62. The second kappa shape index (κ2) is 8.05. The molecular weight excluding hydrogens is 298 g/mol. The van der Waals surface area contributed by atoms with Gasteiger partial charge in [-0.3, -0.25) is 0 Å². The summed E-state index contributed by atoms with van der Waals surface area (Å²) in [5.74, 6) is 2.90. The fourth-order valence-corrected chi connectivity index (χ4v) is 6.62. The number of aliphatic hydroxyl groups excluding tert-OH is 2. The first-order valence-corrected chi connectivity index (χ1v) is 10.3. The van der Waals surface area contributed by atoms with Crippen LogP contribution in [0.1, 0.15) is 78.6 Å². The number of aliphatic hydroxyl groups is 2. The molecule has 3 nitrogen and oxygen atoms in total. The molecule has 3 saturated carbocycles. The Kier molecular flexibility index (Phi) is 6.78. The molecule has 3 fully saturated rings. The summed E-state index contributed by atoms with van der Waals surface area (Å²) >= 11 is 0. The molecule has 0 radical (unpaired) electrons. The maximum absolute atomic E-state index is 9.99. The van der Waals surface area contributed by atoms with Crippen molar-refractivity contribution in [3.8, 4) is 0 Å². The minimum absolute atomic E-state index is 0.185. The van der Waals surface area contributed by atoms with Crippen molar-refractivity contribution in [2.75, 3.05) is 13.7 Å². The van der Waals surface area contributed by atoms with E-state index in [1.807, 2.05) is 0 Å². The lowest BCUT2D eigenvalue weighted by atomic mass is 9.52. The molecule has 0 amide bonds. The van der Waals surface area contributed by atoms with Gasteiger partial charge >= 0.3 is 0 Å². The normalized spacial score (nSPS) is 48.4. The zero-order chi connectivity index (χ0) is 18.0. The van der Waals surface area contributed by atoms with E-state index in [0.717, 1.165) is 37.0 Å². The highest BCUT2D eigenvalue weighted by atomic mass is 16.3. The average Bonchev–Trinajstić information content (AvgIpc) is 2.94. The summed E-state index contributed by atoms with van der Waals surface area (Å²) in [7, 11) is 1.50. The molecule has 0 saturated heterocycles. The van der Waals surface area contributed by atoms with Gasteiger partial charge in [-0.1, -0.05) is 27.2 Å². The monoisotopic (exact) mass is 339 g/mol. The molecule has 7 unspecified atom stereocenters. The van der Waals surface area contributed by atoms with Crippen LogP contribution in [0.5, 0.6) is 0 Å². The van der Waals surface area contributed by atoms with Crippen LogP contribution in [0.25, 0.3) is 0 Å². The Morgan fingerprint density at radius 2 is 1.46 bits per heavy atom. The standard InChI is InChI=1S/C20H36O2.CH5N/c1-4-14-5-6-15-11-16(7-9-19(14,15)2)20(3)10-8-18(22)12-17(20)13-21;1-2/h14-18,21-22H,4-13H2,1-3H3;2H2,1H3. The van der Waals surface area contributed by atoms with E-state index in [2.05, 4.69) is 26.5 Å². The molecule has 0 spiro atoms. The van der Waals surface area contributed by atoms with Gasteiger partial charge in [0.15, 0.2) is 0 Å². The summed E-state index contributed by atoms with van der Waals surface area (Å²) in [5.41, 5.74) is 5.34. The maximum Gasteiger partial charge on any atom is 0.0544 e. The van der Waals surface area contributed by atoms with Gasteiger partial charge in [0, 0.05) is 6.61 Å². The quantitative estimate of drug-likeness (QED) is 0.729. The molecule has 3 heteroatoms. The third-order valence-electron chi connectivity index (χ3n) is 8.48. The largest absolute Gasteiger partial charge is 0.396 e. The Labute approximate surface area is 149 Å². The molecule has 3 aliphatic carbocycles. The van der Waals surface area contributed by atoms with Crippen LogP contribution < -0.4 is 5.73 Å². The van der Waals surface area contributed by atoms with Gasteiger partial charge in [-0.25, -0.2) is 0 Å². The van der Waals surface area contributed by atoms with Crippen LogP contribution in [0.2, 0.25) is 0 Å². The molecule has 3 aliphatic rings. The Balaban J connectivity index is 0.00000100. The van der Waals surface area contributed by atoms with Crippen molar-refractivity contribution in [2.45, 2.75) is 84.7 Å². The Morgan fingerprint density at radius 3 is 2.08 bits per heavy atom. The molecule has 0 aromatic heterocycles. The summed E-state index contributed by atoms with van der Waals surface area (Å²) in [4.78, 5) is 0. The molecule has 0 heterocycles. The van der Waals surface area contributed by atoms with Crippen molar-refractivity contribution < 1.29 is 10.2 Å².